The first-order valence-corrected chi connectivity index (χ1v) is 5.95. The van der Waals surface area contributed by atoms with Crippen LogP contribution in [0.5, 0.6) is 0 Å². The molecule has 1 aromatic rings. The second-order valence-corrected chi connectivity index (χ2v) is 5.20. The van der Waals surface area contributed by atoms with Crippen molar-refractivity contribution in [1.29, 1.82) is 0 Å². The summed E-state index contributed by atoms with van der Waals surface area (Å²) in [5, 5.41) is 0.808. The van der Waals surface area contributed by atoms with Crippen LogP contribution in [0, 0.1) is 5.92 Å². The van der Waals surface area contributed by atoms with E-state index in [1.807, 2.05) is 0 Å². The second kappa shape index (κ2) is 3.71. The van der Waals surface area contributed by atoms with Crippen LogP contribution in [0.25, 0.3) is 5.57 Å². The van der Waals surface area contributed by atoms with Crippen molar-refractivity contribution in [2.45, 2.75) is 20.3 Å². The van der Waals surface area contributed by atoms with Gasteiger partial charge in [0.15, 0.2) is 0 Å². The summed E-state index contributed by atoms with van der Waals surface area (Å²) in [6.45, 7) is 4.45. The van der Waals surface area contributed by atoms with Gasteiger partial charge in [0, 0.05) is 4.47 Å². The number of hydrogen-bond donors (Lipinski definition) is 0. The summed E-state index contributed by atoms with van der Waals surface area (Å²) in [6.07, 6.45) is 3.33. The maximum absolute atomic E-state index is 6.05. The molecule has 0 N–H and O–H groups in total. The Kier molecular flexibility index (Phi) is 2.72. The van der Waals surface area contributed by atoms with Crippen LogP contribution in [0.4, 0.5) is 0 Å². The van der Waals surface area contributed by atoms with Crippen LogP contribution in [-0.4, -0.2) is 0 Å². The Hall–Kier alpha value is -0.270. The third-order valence-electron chi connectivity index (χ3n) is 2.62. The number of rotatable bonds is 1. The molecule has 1 aromatic carbocycles. The summed E-state index contributed by atoms with van der Waals surface area (Å²) in [5.41, 5.74) is 4.15. The van der Waals surface area contributed by atoms with Gasteiger partial charge in [-0.15, -0.1) is 0 Å². The van der Waals surface area contributed by atoms with Gasteiger partial charge in [-0.2, -0.15) is 0 Å². The van der Waals surface area contributed by atoms with Crippen molar-refractivity contribution in [3.63, 3.8) is 0 Å². The fourth-order valence-electron chi connectivity index (χ4n) is 1.90. The van der Waals surface area contributed by atoms with Crippen molar-refractivity contribution in [3.05, 3.63) is 38.8 Å². The lowest BCUT2D eigenvalue weighted by Gasteiger charge is -2.10. The summed E-state index contributed by atoms with van der Waals surface area (Å²) in [6, 6.07) is 4.20. The maximum atomic E-state index is 6.05. The first kappa shape index (κ1) is 10.3. The fraction of sp³-hybridized carbons (Fsp3) is 0.333. The minimum atomic E-state index is 0.587. The summed E-state index contributed by atoms with van der Waals surface area (Å²) in [4.78, 5) is 0. The highest BCUT2D eigenvalue weighted by molar-refractivity contribution is 9.10. The Bertz CT molecular complexity index is 405. The van der Waals surface area contributed by atoms with Gasteiger partial charge in [0.25, 0.3) is 0 Å². The first-order chi connectivity index (χ1) is 6.59. The van der Waals surface area contributed by atoms with Crippen molar-refractivity contribution in [2.24, 2.45) is 5.92 Å². The number of benzene rings is 1. The van der Waals surface area contributed by atoms with Crippen LogP contribution in [0.1, 0.15) is 25.0 Å². The van der Waals surface area contributed by atoms with Crippen LogP contribution in [0.3, 0.4) is 0 Å². The molecule has 1 aliphatic rings. The monoisotopic (exact) mass is 270 g/mol. The summed E-state index contributed by atoms with van der Waals surface area (Å²) in [7, 11) is 0. The molecular formula is C12H12BrCl. The third-order valence-corrected chi connectivity index (χ3v) is 3.82. The SMILES string of the molecule is CC(C)C1=CCc2cc(Cl)c(Br)cc21. The zero-order valence-electron chi connectivity index (χ0n) is 8.27. The van der Waals surface area contributed by atoms with Gasteiger partial charge in [-0.25, -0.2) is 0 Å². The summed E-state index contributed by atoms with van der Waals surface area (Å²) in [5.74, 6) is 0.587. The molecule has 0 saturated heterocycles. The van der Waals surface area contributed by atoms with E-state index in [1.165, 1.54) is 16.7 Å². The maximum Gasteiger partial charge on any atom is 0.0551 e. The largest absolute Gasteiger partial charge is 0.0831 e. The number of fused-ring (bicyclic) bond motifs is 1. The smallest absolute Gasteiger partial charge is 0.0551 e. The first-order valence-electron chi connectivity index (χ1n) is 4.78. The fourth-order valence-corrected chi connectivity index (χ4v) is 2.43. The number of halogens is 2. The molecule has 0 saturated carbocycles. The van der Waals surface area contributed by atoms with Crippen LogP contribution in [0.15, 0.2) is 22.7 Å². The lowest BCUT2D eigenvalue weighted by atomic mass is 9.97. The van der Waals surface area contributed by atoms with Crippen LogP contribution in [-0.2, 0) is 6.42 Å². The van der Waals surface area contributed by atoms with Crippen molar-refractivity contribution < 1.29 is 0 Å². The molecule has 0 atom stereocenters. The Morgan fingerprint density at radius 3 is 2.71 bits per heavy atom. The normalized spacial score (nSPS) is 14.5. The molecule has 1 aliphatic carbocycles. The Morgan fingerprint density at radius 1 is 1.36 bits per heavy atom. The summed E-state index contributed by atoms with van der Waals surface area (Å²) < 4.78 is 0.992. The van der Waals surface area contributed by atoms with Crippen molar-refractivity contribution in [3.8, 4) is 0 Å². The van der Waals surface area contributed by atoms with E-state index in [-0.39, 0.29) is 0 Å². The average molecular weight is 272 g/mol. The third kappa shape index (κ3) is 1.64. The highest BCUT2D eigenvalue weighted by atomic mass is 79.9. The Balaban J connectivity index is 2.51. The quantitative estimate of drug-likeness (QED) is 0.694. The molecule has 2 heteroatoms. The molecule has 0 radical (unpaired) electrons. The molecule has 0 fully saturated rings. The minimum Gasteiger partial charge on any atom is -0.0831 e. The number of allylic oxidation sites excluding steroid dienone is 2. The van der Waals surface area contributed by atoms with Crippen molar-refractivity contribution in [1.82, 2.24) is 0 Å². The molecule has 0 nitrogen and oxygen atoms in total. The molecule has 0 bridgehead atoms. The van der Waals surface area contributed by atoms with Crippen molar-refractivity contribution in [2.75, 3.05) is 0 Å². The van der Waals surface area contributed by atoms with Gasteiger partial charge in [0.1, 0.15) is 0 Å². The van der Waals surface area contributed by atoms with E-state index >= 15 is 0 Å². The highest BCUT2D eigenvalue weighted by Gasteiger charge is 2.17. The topological polar surface area (TPSA) is 0 Å². The van der Waals surface area contributed by atoms with Gasteiger partial charge in [-0.3, -0.25) is 0 Å². The van der Waals surface area contributed by atoms with Gasteiger partial charge in [-0.1, -0.05) is 31.5 Å². The Morgan fingerprint density at radius 2 is 2.07 bits per heavy atom. The van der Waals surface area contributed by atoms with Gasteiger partial charge in [0.2, 0.25) is 0 Å². The van der Waals surface area contributed by atoms with Gasteiger partial charge < -0.3 is 0 Å². The predicted octanol–water partition coefficient (Wildman–Crippen LogP) is 4.70. The molecule has 2 rings (SSSR count). The lowest BCUT2D eigenvalue weighted by Crippen LogP contribution is -1.92. The molecule has 14 heavy (non-hydrogen) atoms. The predicted molar refractivity (Wildman–Crippen MR) is 65.7 cm³/mol. The van der Waals surface area contributed by atoms with E-state index in [0.717, 1.165) is 15.9 Å². The van der Waals surface area contributed by atoms with E-state index < -0.39 is 0 Å². The molecule has 0 amide bonds. The zero-order chi connectivity index (χ0) is 10.3. The van der Waals surface area contributed by atoms with Crippen molar-refractivity contribution >= 4 is 33.1 Å². The van der Waals surface area contributed by atoms with E-state index in [0.29, 0.717) is 5.92 Å². The minimum absolute atomic E-state index is 0.587. The van der Waals surface area contributed by atoms with E-state index in [9.17, 15) is 0 Å². The molecule has 0 unspecified atom stereocenters. The van der Waals surface area contributed by atoms with Crippen LogP contribution in [0.2, 0.25) is 5.02 Å². The molecule has 0 spiro atoms. The van der Waals surface area contributed by atoms with E-state index in [1.54, 1.807) is 0 Å². The van der Waals surface area contributed by atoms with Gasteiger partial charge in [0.05, 0.1) is 5.02 Å². The lowest BCUT2D eigenvalue weighted by molar-refractivity contribution is 0.857. The molecule has 0 aliphatic heterocycles. The standard InChI is InChI=1S/C12H12BrCl/c1-7(2)9-4-3-8-5-12(14)11(13)6-10(8)9/h4-7H,3H2,1-2H3. The number of hydrogen-bond acceptors (Lipinski definition) is 0. The van der Waals surface area contributed by atoms with E-state index in [2.05, 4.69) is 48.0 Å². The average Bonchev–Trinajstić information content (AvgIpc) is 2.48. The molecule has 0 aromatic heterocycles. The molecular weight excluding hydrogens is 259 g/mol. The van der Waals surface area contributed by atoms with Gasteiger partial charge in [-0.05, 0) is 57.1 Å². The van der Waals surface area contributed by atoms with Crippen LogP contribution >= 0.6 is 27.5 Å². The molecule has 0 heterocycles. The van der Waals surface area contributed by atoms with Crippen LogP contribution < -0.4 is 0 Å². The zero-order valence-corrected chi connectivity index (χ0v) is 10.6. The Labute approximate surface area is 98.1 Å². The summed E-state index contributed by atoms with van der Waals surface area (Å²) >= 11 is 9.52. The highest BCUT2D eigenvalue weighted by Crippen LogP contribution is 2.37. The van der Waals surface area contributed by atoms with Gasteiger partial charge >= 0.3 is 0 Å². The second-order valence-electron chi connectivity index (χ2n) is 3.94. The van der Waals surface area contributed by atoms with E-state index in [4.69, 9.17) is 11.6 Å². The molecule has 74 valence electrons.